The van der Waals surface area contributed by atoms with Crippen molar-refractivity contribution in [2.45, 2.75) is 198 Å². The van der Waals surface area contributed by atoms with Gasteiger partial charge in [0.2, 0.25) is 70.9 Å². The Hall–Kier alpha value is -9.66. The maximum absolute atomic E-state index is 13.8. The van der Waals surface area contributed by atoms with Gasteiger partial charge in [-0.25, -0.2) is 4.79 Å². The first-order valence-electron chi connectivity index (χ1n) is 30.7. The first-order valence-corrected chi connectivity index (χ1v) is 30.7. The molecular weight excluding hydrogens is 1290 g/mol. The predicted molar refractivity (Wildman–Crippen MR) is 335 cm³/mol. The minimum atomic E-state index is -2.18. The van der Waals surface area contributed by atoms with Crippen molar-refractivity contribution >= 4 is 94.8 Å². The van der Waals surface area contributed by atoms with E-state index >= 15 is 0 Å². The Morgan fingerprint density at radius 3 is 1.27 bits per heavy atom. The Morgan fingerprint density at radius 1 is 0.412 bits per heavy atom. The molecule has 0 fully saturated rings. The Balaban J connectivity index is 3.24. The number of amides is 12. The molecule has 1 aromatic rings. The van der Waals surface area contributed by atoms with Crippen molar-refractivity contribution in [3.8, 4) is 5.75 Å². The van der Waals surface area contributed by atoms with Gasteiger partial charge in [-0.1, -0.05) is 53.7 Å². The van der Waals surface area contributed by atoms with Crippen LogP contribution in [0.2, 0.25) is 0 Å². The van der Waals surface area contributed by atoms with E-state index < -0.39 is 231 Å². The van der Waals surface area contributed by atoms with Gasteiger partial charge in [-0.15, -0.1) is 0 Å². The van der Waals surface area contributed by atoms with E-state index in [0.717, 1.165) is 20.8 Å². The lowest BCUT2D eigenvalue weighted by molar-refractivity contribution is -0.143. The standard InChI is InChI=1S/C59H93N13O25/c1-25(2)18-35(63-41(78)22-61-56(93)46(29(8)75)71-53(90)36(19-26(3)4)65-49(86)33(60)14-16-42(79)80)52(89)72-47(30(9)76)58(95)69-40(24-74)55(92)64-34(15-17-43(81)82)50(87)66-37(21-44(83)84)51(88)68-39(23-73)54(91)62-28(7)48(85)70-45(27(5)6)57(94)67-38(59(96)97)20-31-10-12-32(77)13-11-31/h10-13,25-30,33-40,45-47,73-77H,14-24,60H2,1-9H3,(H,61,93)(H,62,91)(H,63,78)(H,64,92)(H,65,86)(H,66,87)(H,67,94)(H,68,88)(H,69,95)(H,70,85)(H,71,90)(H,72,89)(H,79,80)(H,81,82)(H,83,84)(H,96,97)/t28-,29+,30+,33-,34-,35-,36-,37-,38-,39-,40-,45-,46-,47-/m0/s1. The molecule has 38 heteroatoms. The van der Waals surface area contributed by atoms with Crippen molar-refractivity contribution in [3.63, 3.8) is 0 Å². The fraction of sp³-hybridized carbons (Fsp3) is 0.627. The second-order valence-electron chi connectivity index (χ2n) is 24.0. The highest BCUT2D eigenvalue weighted by Crippen LogP contribution is 2.14. The lowest BCUT2D eigenvalue weighted by Gasteiger charge is -2.28. The summed E-state index contributed by atoms with van der Waals surface area (Å²) in [6.07, 6.45) is -7.45. The van der Waals surface area contributed by atoms with E-state index in [9.17, 15) is 118 Å². The number of carboxylic acid groups (broad SMARTS) is 4. The molecule has 0 radical (unpaired) electrons. The van der Waals surface area contributed by atoms with Crippen molar-refractivity contribution in [3.05, 3.63) is 29.8 Å². The number of aromatic hydroxyl groups is 1. The topological polar surface area (TPSA) is 626 Å². The molecule has 0 aliphatic carbocycles. The van der Waals surface area contributed by atoms with Gasteiger partial charge in [0.05, 0.1) is 44.4 Å². The molecule has 0 aliphatic rings. The van der Waals surface area contributed by atoms with Crippen molar-refractivity contribution in [2.24, 2.45) is 23.5 Å². The van der Waals surface area contributed by atoms with Gasteiger partial charge in [0.15, 0.2) is 0 Å². The van der Waals surface area contributed by atoms with Gasteiger partial charge in [0, 0.05) is 19.3 Å². The van der Waals surface area contributed by atoms with E-state index in [1.165, 1.54) is 38.1 Å². The smallest absolute Gasteiger partial charge is 0.326 e. The molecule has 0 aromatic heterocycles. The van der Waals surface area contributed by atoms with Crippen molar-refractivity contribution in [2.75, 3.05) is 19.8 Å². The van der Waals surface area contributed by atoms with Crippen LogP contribution >= 0.6 is 0 Å². The van der Waals surface area contributed by atoms with E-state index in [4.69, 9.17) is 10.8 Å². The molecule has 0 unspecified atom stereocenters. The van der Waals surface area contributed by atoms with Crippen LogP contribution in [0.1, 0.15) is 113 Å². The average Bonchev–Trinajstić information content (AvgIpc) is 1.00. The zero-order chi connectivity index (χ0) is 74.3. The highest BCUT2D eigenvalue weighted by atomic mass is 16.4. The van der Waals surface area contributed by atoms with E-state index in [0.29, 0.717) is 5.56 Å². The number of nitrogens with two attached hydrogens (primary N) is 1. The van der Waals surface area contributed by atoms with Gasteiger partial charge in [-0.05, 0) is 81.9 Å². The van der Waals surface area contributed by atoms with Gasteiger partial charge in [-0.2, -0.15) is 0 Å². The fourth-order valence-corrected chi connectivity index (χ4v) is 8.84. The number of carbonyl (C=O) groups excluding carboxylic acids is 12. The molecule has 0 bridgehead atoms. The van der Waals surface area contributed by atoms with Crippen LogP contribution in [0.15, 0.2) is 24.3 Å². The first-order chi connectivity index (χ1) is 45.1. The molecule has 0 spiro atoms. The Labute approximate surface area is 556 Å². The first kappa shape index (κ1) is 85.4. The van der Waals surface area contributed by atoms with Crippen LogP contribution in [0.4, 0.5) is 0 Å². The summed E-state index contributed by atoms with van der Waals surface area (Å²) in [6, 6.07) is -15.1. The molecule has 0 aliphatic heterocycles. The molecule has 97 heavy (non-hydrogen) atoms. The number of rotatable bonds is 44. The summed E-state index contributed by atoms with van der Waals surface area (Å²) in [4.78, 5) is 208. The van der Waals surface area contributed by atoms with Crippen molar-refractivity contribution < 1.29 is 123 Å². The zero-order valence-electron chi connectivity index (χ0n) is 55.0. The molecule has 12 amide bonds. The van der Waals surface area contributed by atoms with Crippen LogP contribution < -0.4 is 69.5 Å². The number of benzene rings is 1. The summed E-state index contributed by atoms with van der Waals surface area (Å²) in [6.45, 7) is 9.56. The quantitative estimate of drug-likeness (QED) is 0.0289. The summed E-state index contributed by atoms with van der Waals surface area (Å²) in [5.41, 5.74) is 6.22. The van der Waals surface area contributed by atoms with E-state index in [1.807, 2.05) is 16.0 Å². The largest absolute Gasteiger partial charge is 0.508 e. The van der Waals surface area contributed by atoms with E-state index in [-0.39, 0.29) is 43.3 Å². The maximum Gasteiger partial charge on any atom is 0.326 e. The molecule has 23 N–H and O–H groups in total. The van der Waals surface area contributed by atoms with E-state index in [2.05, 4.69) is 47.9 Å². The van der Waals surface area contributed by atoms with Crippen LogP contribution in [0, 0.1) is 17.8 Å². The molecule has 0 heterocycles. The van der Waals surface area contributed by atoms with Crippen LogP contribution in [-0.4, -0.2) is 245 Å². The summed E-state index contributed by atoms with van der Waals surface area (Å²) in [7, 11) is 0. The number of aliphatic hydroxyl groups is 4. The Morgan fingerprint density at radius 2 is 0.804 bits per heavy atom. The lowest BCUT2D eigenvalue weighted by Crippen LogP contribution is -2.62. The highest BCUT2D eigenvalue weighted by molar-refractivity contribution is 6.00. The molecule has 0 saturated heterocycles. The number of nitrogens with one attached hydrogen (secondary N) is 12. The summed E-state index contributed by atoms with van der Waals surface area (Å²) in [5, 5.41) is 115. The molecule has 0 saturated carbocycles. The zero-order valence-corrected chi connectivity index (χ0v) is 55.0. The van der Waals surface area contributed by atoms with Crippen LogP contribution in [0.25, 0.3) is 0 Å². The number of hydrogen-bond acceptors (Lipinski definition) is 22. The van der Waals surface area contributed by atoms with Gasteiger partial charge in [0.25, 0.3) is 0 Å². The monoisotopic (exact) mass is 1380 g/mol. The van der Waals surface area contributed by atoms with Gasteiger partial charge < -0.3 is 115 Å². The molecule has 14 atom stereocenters. The fourth-order valence-electron chi connectivity index (χ4n) is 8.84. The van der Waals surface area contributed by atoms with Crippen molar-refractivity contribution in [1.82, 2.24) is 63.8 Å². The summed E-state index contributed by atoms with van der Waals surface area (Å²) < 4.78 is 0. The SMILES string of the molecule is CC(C)C[C@H](NC(=O)CNC(=O)[C@@H](NC(=O)[C@H](CC(C)C)NC(=O)[C@@H](N)CCC(=O)O)[C@@H](C)O)C(=O)N[C@H](C(=O)N[C@@H](CO)C(=O)N[C@@H](CCC(=O)O)C(=O)N[C@@H](CC(=O)O)C(=O)N[C@@H](CO)C(=O)N[C@@H](C)C(=O)N[C@H](C(=O)N[C@@H](Cc1ccc(O)cc1)C(=O)O)C(C)C)[C@@H](C)O. The normalized spacial score (nSPS) is 15.5. The van der Waals surface area contributed by atoms with Crippen LogP contribution in [0.3, 0.4) is 0 Å². The third kappa shape index (κ3) is 31.6. The number of phenolic OH excluding ortho intramolecular Hbond substituents is 1. The number of aliphatic carboxylic acids is 4. The molecule has 38 nitrogen and oxygen atoms in total. The highest BCUT2D eigenvalue weighted by Gasteiger charge is 2.38. The third-order valence-corrected chi connectivity index (χ3v) is 14.2. The Bertz CT molecular complexity index is 2930. The van der Waals surface area contributed by atoms with Gasteiger partial charge >= 0.3 is 23.9 Å². The second kappa shape index (κ2) is 42.0. The second-order valence-corrected chi connectivity index (χ2v) is 24.0. The number of phenols is 1. The van der Waals surface area contributed by atoms with Gasteiger partial charge in [0.1, 0.15) is 72.2 Å². The van der Waals surface area contributed by atoms with Gasteiger partial charge in [-0.3, -0.25) is 71.9 Å². The number of hydrogen-bond donors (Lipinski definition) is 22. The number of carbonyl (C=O) groups is 16. The van der Waals surface area contributed by atoms with Crippen LogP contribution in [0.5, 0.6) is 5.75 Å². The third-order valence-electron chi connectivity index (χ3n) is 14.2. The number of carboxylic acids is 4. The number of aliphatic hydroxyl groups excluding tert-OH is 4. The molecular formula is C59H93N13O25. The maximum atomic E-state index is 13.8. The molecule has 544 valence electrons. The average molecular weight is 1380 g/mol. The Kier molecular flexibility index (Phi) is 37.0. The summed E-state index contributed by atoms with van der Waals surface area (Å²) >= 11 is 0. The van der Waals surface area contributed by atoms with E-state index in [1.54, 1.807) is 27.7 Å². The van der Waals surface area contributed by atoms with Crippen molar-refractivity contribution in [1.29, 1.82) is 0 Å². The molecule has 1 aromatic carbocycles. The predicted octanol–water partition coefficient (Wildman–Crippen LogP) is -7.49. The minimum Gasteiger partial charge on any atom is -0.508 e. The van der Waals surface area contributed by atoms with Crippen LogP contribution in [-0.2, 0) is 83.1 Å². The molecule has 1 rings (SSSR count). The lowest BCUT2D eigenvalue weighted by atomic mass is 10.0. The summed E-state index contributed by atoms with van der Waals surface area (Å²) in [5.74, 6) is -21.4. The minimum absolute atomic E-state index is 0.00947.